The average molecular weight is 524 g/mol. The Morgan fingerprint density at radius 3 is 2.03 bits per heavy atom. The molecule has 2 aromatic carbocycles. The van der Waals surface area contributed by atoms with E-state index in [4.69, 9.17) is 24.5 Å². The molecule has 2 aromatic rings. The number of aliphatic carboxylic acids is 2. The number of piperazine rings is 1. The summed E-state index contributed by atoms with van der Waals surface area (Å²) in [6.07, 6.45) is 1.44. The highest BCUT2D eigenvalue weighted by atomic mass is 16.5. The van der Waals surface area contributed by atoms with Crippen LogP contribution in [-0.4, -0.2) is 95.7 Å². The first kappa shape index (κ1) is 28.5. The van der Waals surface area contributed by atoms with Crippen LogP contribution in [0.5, 0.6) is 0 Å². The van der Waals surface area contributed by atoms with Gasteiger partial charge in [-0.25, -0.2) is 9.59 Å². The normalized spacial score (nSPS) is 15.9. The van der Waals surface area contributed by atoms with E-state index in [0.717, 1.165) is 26.2 Å². The molecule has 4 rings (SSSR count). The summed E-state index contributed by atoms with van der Waals surface area (Å²) in [6, 6.07) is 13.6. The molecule has 0 radical (unpaired) electrons. The van der Waals surface area contributed by atoms with Gasteiger partial charge in [-0.1, -0.05) is 35.9 Å². The Kier molecular flexibility index (Phi) is 9.75. The molecule has 1 atom stereocenters. The van der Waals surface area contributed by atoms with Gasteiger partial charge in [-0.05, 0) is 37.6 Å². The summed E-state index contributed by atoms with van der Waals surface area (Å²) in [4.78, 5) is 49.8. The first-order chi connectivity index (χ1) is 18.1. The Morgan fingerprint density at radius 2 is 1.53 bits per heavy atom. The Labute approximate surface area is 221 Å². The molecule has 202 valence electrons. The molecule has 0 spiro atoms. The predicted octanol–water partition coefficient (Wildman–Crippen LogP) is 2.45. The second kappa shape index (κ2) is 13.0. The van der Waals surface area contributed by atoms with E-state index in [1.807, 2.05) is 0 Å². The second-order valence-electron chi connectivity index (χ2n) is 9.20. The lowest BCUT2D eigenvalue weighted by molar-refractivity contribution is -0.159. The molecular weight excluding hydrogens is 490 g/mol. The highest BCUT2D eigenvalue weighted by Gasteiger charge is 2.37. The summed E-state index contributed by atoms with van der Waals surface area (Å²) in [6.45, 7) is 13.0. The number of anilines is 1. The van der Waals surface area contributed by atoms with Gasteiger partial charge in [-0.3, -0.25) is 19.4 Å². The number of rotatable bonds is 8. The zero-order chi connectivity index (χ0) is 27.8. The second-order valence-corrected chi connectivity index (χ2v) is 9.20. The van der Waals surface area contributed by atoms with Crippen LogP contribution in [0.15, 0.2) is 55.1 Å². The summed E-state index contributed by atoms with van der Waals surface area (Å²) in [7, 11) is 0. The fourth-order valence-electron chi connectivity index (χ4n) is 4.60. The van der Waals surface area contributed by atoms with Crippen molar-refractivity contribution in [2.45, 2.75) is 20.0 Å². The highest BCUT2D eigenvalue weighted by Crippen LogP contribution is 2.24. The number of amides is 2. The molecule has 1 unspecified atom stereocenters. The van der Waals surface area contributed by atoms with E-state index >= 15 is 0 Å². The Bertz CT molecular complexity index is 1160. The van der Waals surface area contributed by atoms with Gasteiger partial charge in [0.2, 0.25) is 0 Å². The van der Waals surface area contributed by atoms with Gasteiger partial charge >= 0.3 is 11.9 Å². The van der Waals surface area contributed by atoms with Gasteiger partial charge in [0.1, 0.15) is 0 Å². The number of aryl methyl sites for hydroxylation is 2. The zero-order valence-electron chi connectivity index (χ0n) is 21.6. The minimum atomic E-state index is -1.82. The lowest BCUT2D eigenvalue weighted by Crippen LogP contribution is -2.51. The van der Waals surface area contributed by atoms with Gasteiger partial charge in [0.25, 0.3) is 11.8 Å². The number of carbonyl (C=O) groups excluding carboxylic acids is 2. The standard InChI is InChI=1S/C26H31N3O3.C2H2O4/c1-4-15-32-21(18-29-25(30)22-7-5-6-8-23(22)26(29)31)17-27-11-13-28(14-12-27)24-10-9-19(2)16-20(24)3;3-1(4)2(5)6/h4-10,16,21H,1,11-15,17-18H2,2-3H3;(H,3,4)(H,5,6). The lowest BCUT2D eigenvalue weighted by Gasteiger charge is -2.38. The fourth-order valence-corrected chi connectivity index (χ4v) is 4.60. The van der Waals surface area contributed by atoms with Crippen LogP contribution in [0.3, 0.4) is 0 Å². The number of benzene rings is 2. The summed E-state index contributed by atoms with van der Waals surface area (Å²) >= 11 is 0. The summed E-state index contributed by atoms with van der Waals surface area (Å²) in [5.74, 6) is -4.13. The smallest absolute Gasteiger partial charge is 0.414 e. The molecule has 38 heavy (non-hydrogen) atoms. The van der Waals surface area contributed by atoms with Crippen LogP contribution in [0, 0.1) is 13.8 Å². The number of nitrogens with zero attached hydrogens (tertiary/aromatic N) is 3. The third-order valence-corrected chi connectivity index (χ3v) is 6.42. The first-order valence-corrected chi connectivity index (χ1v) is 12.3. The monoisotopic (exact) mass is 523 g/mol. The van der Waals surface area contributed by atoms with Gasteiger partial charge < -0.3 is 19.8 Å². The molecule has 0 aliphatic carbocycles. The van der Waals surface area contributed by atoms with Gasteiger partial charge in [0.05, 0.1) is 30.4 Å². The predicted molar refractivity (Wildman–Crippen MR) is 142 cm³/mol. The van der Waals surface area contributed by atoms with Crippen LogP contribution < -0.4 is 4.90 Å². The van der Waals surface area contributed by atoms with E-state index in [1.54, 1.807) is 30.3 Å². The third-order valence-electron chi connectivity index (χ3n) is 6.42. The molecule has 10 nitrogen and oxygen atoms in total. The Morgan fingerprint density at radius 1 is 0.947 bits per heavy atom. The van der Waals surface area contributed by atoms with Crippen LogP contribution in [0.4, 0.5) is 5.69 Å². The molecule has 2 N–H and O–H groups in total. The molecule has 2 heterocycles. The topological polar surface area (TPSA) is 128 Å². The third kappa shape index (κ3) is 7.05. The van der Waals surface area contributed by atoms with E-state index in [1.165, 1.54) is 21.7 Å². The van der Waals surface area contributed by atoms with Crippen molar-refractivity contribution in [2.75, 3.05) is 50.8 Å². The number of carbonyl (C=O) groups is 4. The van der Waals surface area contributed by atoms with E-state index in [-0.39, 0.29) is 24.5 Å². The number of hydrogen-bond donors (Lipinski definition) is 2. The SMILES string of the molecule is C=CCOC(CN1CCN(c2ccc(C)cc2C)CC1)CN1C(=O)c2ccccc2C1=O.O=C(O)C(=O)O. The van der Waals surface area contributed by atoms with Gasteiger partial charge in [-0.2, -0.15) is 0 Å². The quantitative estimate of drug-likeness (QED) is 0.305. The number of hydrogen-bond acceptors (Lipinski definition) is 7. The fraction of sp³-hybridized carbons (Fsp3) is 0.357. The number of ether oxygens (including phenoxy) is 1. The lowest BCUT2D eigenvalue weighted by atomic mass is 10.1. The van der Waals surface area contributed by atoms with Crippen LogP contribution >= 0.6 is 0 Å². The molecule has 0 aromatic heterocycles. The van der Waals surface area contributed by atoms with Crippen LogP contribution in [0.25, 0.3) is 0 Å². The molecule has 0 bridgehead atoms. The van der Waals surface area contributed by atoms with Crippen molar-refractivity contribution < 1.29 is 34.1 Å². The van der Waals surface area contributed by atoms with Crippen molar-refractivity contribution in [3.63, 3.8) is 0 Å². The van der Waals surface area contributed by atoms with Crippen LogP contribution in [0.2, 0.25) is 0 Å². The van der Waals surface area contributed by atoms with Crippen LogP contribution in [0.1, 0.15) is 31.8 Å². The van der Waals surface area contributed by atoms with E-state index < -0.39 is 11.9 Å². The molecule has 10 heteroatoms. The van der Waals surface area contributed by atoms with E-state index in [9.17, 15) is 9.59 Å². The van der Waals surface area contributed by atoms with Crippen molar-refractivity contribution in [3.05, 3.63) is 77.4 Å². The number of imide groups is 1. The maximum absolute atomic E-state index is 12.8. The summed E-state index contributed by atoms with van der Waals surface area (Å²) in [5, 5.41) is 14.8. The Balaban J connectivity index is 0.000000599. The van der Waals surface area contributed by atoms with Gasteiger partial charge in [0, 0.05) is 38.4 Å². The number of carboxylic acid groups (broad SMARTS) is 2. The minimum absolute atomic E-state index is 0.238. The molecule has 1 fully saturated rings. The molecule has 0 saturated carbocycles. The largest absolute Gasteiger partial charge is 0.473 e. The zero-order valence-corrected chi connectivity index (χ0v) is 21.6. The molecular formula is C28H33N3O7. The van der Waals surface area contributed by atoms with Crippen molar-refractivity contribution in [2.24, 2.45) is 0 Å². The van der Waals surface area contributed by atoms with E-state index in [0.29, 0.717) is 24.3 Å². The van der Waals surface area contributed by atoms with Crippen LogP contribution in [-0.2, 0) is 14.3 Å². The molecule has 2 amide bonds. The first-order valence-electron chi connectivity index (χ1n) is 12.3. The minimum Gasteiger partial charge on any atom is -0.473 e. The van der Waals surface area contributed by atoms with Gasteiger partial charge in [-0.15, -0.1) is 6.58 Å². The molecule has 2 aliphatic heterocycles. The average Bonchev–Trinajstić information content (AvgIpc) is 3.13. The number of fused-ring (bicyclic) bond motifs is 1. The van der Waals surface area contributed by atoms with Crippen molar-refractivity contribution in [1.82, 2.24) is 9.80 Å². The molecule has 1 saturated heterocycles. The molecule has 2 aliphatic rings. The Hall–Kier alpha value is -4.02. The van der Waals surface area contributed by atoms with Crippen molar-refractivity contribution in [1.29, 1.82) is 0 Å². The number of carboxylic acids is 2. The maximum Gasteiger partial charge on any atom is 0.414 e. The maximum atomic E-state index is 12.8. The summed E-state index contributed by atoms with van der Waals surface area (Å²) < 4.78 is 5.98. The summed E-state index contributed by atoms with van der Waals surface area (Å²) in [5.41, 5.74) is 4.82. The van der Waals surface area contributed by atoms with E-state index in [2.05, 4.69) is 48.4 Å². The van der Waals surface area contributed by atoms with Gasteiger partial charge in [0.15, 0.2) is 0 Å². The highest BCUT2D eigenvalue weighted by molar-refractivity contribution is 6.27. The van der Waals surface area contributed by atoms with Crippen molar-refractivity contribution >= 4 is 29.4 Å². The van der Waals surface area contributed by atoms with Crippen molar-refractivity contribution in [3.8, 4) is 0 Å².